The number of amides is 1. The number of aliphatic carboxylic acids is 1. The molecular weight excluding hydrogens is 292 g/mol. The fraction of sp³-hybridized carbons (Fsp3) is 0.467. The largest absolute Gasteiger partial charge is 0.480 e. The third-order valence-electron chi connectivity index (χ3n) is 3.87. The molecule has 2 unspecified atom stereocenters. The summed E-state index contributed by atoms with van der Waals surface area (Å²) in [4.78, 5) is 25.1. The van der Waals surface area contributed by atoms with Crippen LogP contribution < -0.4 is 5.32 Å². The van der Waals surface area contributed by atoms with E-state index in [0.717, 1.165) is 12.0 Å². The molecule has 1 aromatic rings. The van der Waals surface area contributed by atoms with Gasteiger partial charge < -0.3 is 10.4 Å². The molecule has 1 fully saturated rings. The lowest BCUT2D eigenvalue weighted by Gasteiger charge is -2.22. The van der Waals surface area contributed by atoms with E-state index in [1.165, 1.54) is 0 Å². The van der Waals surface area contributed by atoms with Gasteiger partial charge in [-0.3, -0.25) is 14.5 Å². The molecule has 1 heterocycles. The monoisotopic (exact) mass is 310 g/mol. The van der Waals surface area contributed by atoms with Crippen LogP contribution in [-0.4, -0.2) is 41.0 Å². The van der Waals surface area contributed by atoms with Crippen LogP contribution in [0.5, 0.6) is 0 Å². The molecule has 1 aliphatic rings. The fourth-order valence-electron chi connectivity index (χ4n) is 2.74. The number of anilines is 1. The average Bonchev–Trinajstić information content (AvgIpc) is 2.74. The Morgan fingerprint density at radius 3 is 2.81 bits per heavy atom. The number of carbonyl (C=O) groups is 2. The smallest absolute Gasteiger partial charge is 0.321 e. The summed E-state index contributed by atoms with van der Waals surface area (Å²) < 4.78 is 0. The second kappa shape index (κ2) is 6.45. The summed E-state index contributed by atoms with van der Waals surface area (Å²) in [5, 5.41) is 12.7. The van der Waals surface area contributed by atoms with Crippen LogP contribution in [0.3, 0.4) is 0 Å². The van der Waals surface area contributed by atoms with E-state index in [2.05, 4.69) is 5.32 Å². The van der Waals surface area contributed by atoms with E-state index >= 15 is 0 Å². The lowest BCUT2D eigenvalue weighted by molar-refractivity contribution is -0.143. The Morgan fingerprint density at radius 1 is 1.48 bits per heavy atom. The normalized spacial score (nSPS) is 22.2. The van der Waals surface area contributed by atoms with Gasteiger partial charge in [-0.15, -0.1) is 0 Å². The van der Waals surface area contributed by atoms with Gasteiger partial charge in [0.1, 0.15) is 6.04 Å². The van der Waals surface area contributed by atoms with Crippen molar-refractivity contribution >= 4 is 29.2 Å². The van der Waals surface area contributed by atoms with Crippen molar-refractivity contribution in [1.29, 1.82) is 0 Å². The van der Waals surface area contributed by atoms with Crippen molar-refractivity contribution < 1.29 is 14.7 Å². The second-order valence-electron chi connectivity index (χ2n) is 5.53. The molecule has 0 aromatic heterocycles. The highest BCUT2D eigenvalue weighted by molar-refractivity contribution is 6.30. The molecule has 1 aliphatic heterocycles. The highest BCUT2D eigenvalue weighted by Gasteiger charge is 2.37. The van der Waals surface area contributed by atoms with Crippen molar-refractivity contribution in [2.45, 2.75) is 26.3 Å². The topological polar surface area (TPSA) is 69.6 Å². The highest BCUT2D eigenvalue weighted by Crippen LogP contribution is 2.24. The summed E-state index contributed by atoms with van der Waals surface area (Å²) in [6, 6.07) is 4.65. The lowest BCUT2D eigenvalue weighted by atomic mass is 10.0. The van der Waals surface area contributed by atoms with E-state index in [9.17, 15) is 14.7 Å². The minimum atomic E-state index is -0.865. The standard InChI is InChI=1S/C15H19ClN2O3/c1-9-5-6-18(14(9)15(20)21)8-13(19)17-12-4-3-11(16)7-10(12)2/h3-4,7,9,14H,5-6,8H2,1-2H3,(H,17,19)(H,20,21). The first-order chi connectivity index (χ1) is 9.88. The molecule has 0 spiro atoms. The SMILES string of the molecule is Cc1cc(Cl)ccc1NC(=O)CN1CCC(C)C1C(=O)O. The summed E-state index contributed by atoms with van der Waals surface area (Å²) in [6.07, 6.45) is 0.796. The van der Waals surface area contributed by atoms with Gasteiger partial charge in [0.25, 0.3) is 0 Å². The first-order valence-electron chi connectivity index (χ1n) is 6.91. The van der Waals surface area contributed by atoms with Gasteiger partial charge >= 0.3 is 5.97 Å². The Morgan fingerprint density at radius 2 is 2.19 bits per heavy atom. The Kier molecular flexibility index (Phi) is 4.85. The molecule has 1 amide bonds. The minimum Gasteiger partial charge on any atom is -0.480 e. The third kappa shape index (κ3) is 3.74. The number of benzene rings is 1. The summed E-state index contributed by atoms with van der Waals surface area (Å²) in [6.45, 7) is 4.48. The number of aryl methyl sites for hydroxylation is 1. The summed E-state index contributed by atoms with van der Waals surface area (Å²) in [5.74, 6) is -1.01. The highest BCUT2D eigenvalue weighted by atomic mass is 35.5. The maximum atomic E-state index is 12.1. The van der Waals surface area contributed by atoms with Gasteiger partial charge in [-0.2, -0.15) is 0 Å². The maximum absolute atomic E-state index is 12.1. The molecule has 0 saturated carbocycles. The molecule has 2 rings (SSSR count). The van der Waals surface area contributed by atoms with Gasteiger partial charge in [0, 0.05) is 10.7 Å². The number of likely N-dealkylation sites (tertiary alicyclic amines) is 1. The molecule has 5 nitrogen and oxygen atoms in total. The Labute approximate surface area is 128 Å². The van der Waals surface area contributed by atoms with Crippen LogP contribution in [-0.2, 0) is 9.59 Å². The predicted molar refractivity (Wildman–Crippen MR) is 81.6 cm³/mol. The van der Waals surface area contributed by atoms with Crippen molar-refractivity contribution in [1.82, 2.24) is 4.90 Å². The van der Waals surface area contributed by atoms with Crippen molar-refractivity contribution in [3.63, 3.8) is 0 Å². The number of carboxylic acid groups (broad SMARTS) is 1. The van der Waals surface area contributed by atoms with Gasteiger partial charge in [0.05, 0.1) is 6.54 Å². The zero-order chi connectivity index (χ0) is 15.6. The summed E-state index contributed by atoms with van der Waals surface area (Å²) >= 11 is 5.87. The van der Waals surface area contributed by atoms with E-state index in [1.54, 1.807) is 23.1 Å². The van der Waals surface area contributed by atoms with E-state index < -0.39 is 12.0 Å². The zero-order valence-corrected chi connectivity index (χ0v) is 12.9. The van der Waals surface area contributed by atoms with Crippen molar-refractivity contribution in [2.24, 2.45) is 5.92 Å². The van der Waals surface area contributed by atoms with Crippen molar-refractivity contribution in [3.8, 4) is 0 Å². The van der Waals surface area contributed by atoms with Crippen LogP contribution in [0, 0.1) is 12.8 Å². The third-order valence-corrected chi connectivity index (χ3v) is 4.10. The Bertz CT molecular complexity index is 562. The number of nitrogens with zero attached hydrogens (tertiary/aromatic N) is 1. The second-order valence-corrected chi connectivity index (χ2v) is 5.96. The number of halogens is 1. The molecule has 0 radical (unpaired) electrons. The minimum absolute atomic E-state index is 0.0626. The lowest BCUT2D eigenvalue weighted by Crippen LogP contribution is -2.43. The molecule has 0 bridgehead atoms. The molecule has 0 aliphatic carbocycles. The van der Waals surface area contributed by atoms with Gasteiger partial charge in [-0.05, 0) is 49.6 Å². The quantitative estimate of drug-likeness (QED) is 0.896. The molecule has 114 valence electrons. The van der Waals surface area contributed by atoms with Crippen LogP contribution in [0.2, 0.25) is 5.02 Å². The van der Waals surface area contributed by atoms with Gasteiger partial charge in [0.15, 0.2) is 0 Å². The van der Waals surface area contributed by atoms with Crippen LogP contribution in [0.25, 0.3) is 0 Å². The number of carbonyl (C=O) groups excluding carboxylic acids is 1. The molecule has 2 N–H and O–H groups in total. The van der Waals surface area contributed by atoms with E-state index in [0.29, 0.717) is 17.3 Å². The number of nitrogens with one attached hydrogen (secondary N) is 1. The van der Waals surface area contributed by atoms with Gasteiger partial charge in [0.2, 0.25) is 5.91 Å². The number of hydrogen-bond donors (Lipinski definition) is 2. The van der Waals surface area contributed by atoms with Gasteiger partial charge in [-0.1, -0.05) is 18.5 Å². The molecule has 2 atom stereocenters. The van der Waals surface area contributed by atoms with E-state index in [4.69, 9.17) is 11.6 Å². The maximum Gasteiger partial charge on any atom is 0.321 e. The van der Waals surface area contributed by atoms with Crippen molar-refractivity contribution in [2.75, 3.05) is 18.4 Å². The average molecular weight is 311 g/mol. The van der Waals surface area contributed by atoms with Gasteiger partial charge in [-0.25, -0.2) is 0 Å². The molecule has 21 heavy (non-hydrogen) atoms. The van der Waals surface area contributed by atoms with E-state index in [1.807, 2.05) is 13.8 Å². The Balaban J connectivity index is 2.00. The summed E-state index contributed by atoms with van der Waals surface area (Å²) in [5.41, 5.74) is 1.57. The van der Waals surface area contributed by atoms with Crippen LogP contribution in [0.1, 0.15) is 18.9 Å². The Hall–Kier alpha value is -1.59. The number of carboxylic acids is 1. The number of rotatable bonds is 4. The zero-order valence-electron chi connectivity index (χ0n) is 12.1. The van der Waals surface area contributed by atoms with E-state index in [-0.39, 0.29) is 18.4 Å². The number of hydrogen-bond acceptors (Lipinski definition) is 3. The molecular formula is C15H19ClN2O3. The van der Waals surface area contributed by atoms with Crippen LogP contribution in [0.4, 0.5) is 5.69 Å². The summed E-state index contributed by atoms with van der Waals surface area (Å²) in [7, 11) is 0. The predicted octanol–water partition coefficient (Wildman–Crippen LogP) is 2.38. The molecule has 1 aromatic carbocycles. The fourth-order valence-corrected chi connectivity index (χ4v) is 2.97. The van der Waals surface area contributed by atoms with Crippen LogP contribution in [0.15, 0.2) is 18.2 Å². The molecule has 6 heteroatoms. The van der Waals surface area contributed by atoms with Crippen LogP contribution >= 0.6 is 11.6 Å². The first kappa shape index (κ1) is 15.8. The molecule has 1 saturated heterocycles. The first-order valence-corrected chi connectivity index (χ1v) is 7.29. The van der Waals surface area contributed by atoms with Crippen molar-refractivity contribution in [3.05, 3.63) is 28.8 Å².